The van der Waals surface area contributed by atoms with Crippen LogP contribution in [0.3, 0.4) is 0 Å². The van der Waals surface area contributed by atoms with Crippen LogP contribution in [0.15, 0.2) is 40.9 Å². The Kier molecular flexibility index (Phi) is 7.46. The molecule has 8 heteroatoms. The van der Waals surface area contributed by atoms with Crippen LogP contribution in [0.5, 0.6) is 11.5 Å². The highest BCUT2D eigenvalue weighted by Crippen LogP contribution is 2.37. The van der Waals surface area contributed by atoms with E-state index in [2.05, 4.69) is 62.8 Å². The van der Waals surface area contributed by atoms with E-state index in [1.807, 2.05) is 24.3 Å². The van der Waals surface area contributed by atoms with Crippen molar-refractivity contribution in [3.05, 3.63) is 57.6 Å². The van der Waals surface area contributed by atoms with E-state index in [0.717, 1.165) is 35.0 Å². The highest BCUT2D eigenvalue weighted by atomic mass is 79.9. The molecule has 1 aromatic heterocycles. The number of hydrogen-bond acceptors (Lipinski definition) is 6. The summed E-state index contributed by atoms with van der Waals surface area (Å²) >= 11 is 3.62. The fraction of sp³-hybridized carbons (Fsp3) is 0.381. The van der Waals surface area contributed by atoms with E-state index in [1.54, 1.807) is 11.8 Å². The van der Waals surface area contributed by atoms with Crippen molar-refractivity contribution in [1.29, 1.82) is 0 Å². The Bertz CT molecular complexity index is 945. The number of rotatable bonds is 10. The summed E-state index contributed by atoms with van der Waals surface area (Å²) in [6.07, 6.45) is 2.12. The van der Waals surface area contributed by atoms with Gasteiger partial charge >= 0.3 is 0 Å². The lowest BCUT2D eigenvalue weighted by Crippen LogP contribution is -2.09. The minimum absolute atomic E-state index is 0.473. The normalized spacial score (nSPS) is 10.8. The summed E-state index contributed by atoms with van der Waals surface area (Å²) in [6, 6.07) is 12.2. The van der Waals surface area contributed by atoms with Crippen LogP contribution in [-0.4, -0.2) is 27.3 Å². The molecule has 1 N–H and O–H groups in total. The maximum atomic E-state index is 6.04. The number of unbranched alkanes of at least 4 members (excludes halogenated alkanes) is 1. The molecular weight excluding hydrogens is 434 g/mol. The first-order valence-corrected chi connectivity index (χ1v) is 10.4. The summed E-state index contributed by atoms with van der Waals surface area (Å²) in [4.78, 5) is 0. The molecule has 0 saturated heterocycles. The molecule has 3 aromatic rings. The van der Waals surface area contributed by atoms with Crippen LogP contribution in [0, 0.1) is 6.92 Å². The zero-order valence-electron chi connectivity index (χ0n) is 17.0. The standard InChI is InChI=1S/C21H26BrN5O2/c1-4-5-9-27-21(24-25-26-27)23-13-17-11-18(22)20(19(12-17)28-3)29-14-16-8-6-7-15(2)10-16/h6-8,10-12H,4-5,9,13-14H2,1-3H3,(H,23,24,26). The van der Waals surface area contributed by atoms with E-state index in [-0.39, 0.29) is 0 Å². The molecule has 0 unspecified atom stereocenters. The number of ether oxygens (including phenoxy) is 2. The lowest BCUT2D eigenvalue weighted by atomic mass is 10.1. The number of aryl methyl sites for hydroxylation is 2. The molecule has 0 spiro atoms. The fourth-order valence-corrected chi connectivity index (χ4v) is 3.55. The molecule has 0 aliphatic rings. The molecule has 0 bridgehead atoms. The molecule has 0 saturated carbocycles. The maximum Gasteiger partial charge on any atom is 0.243 e. The van der Waals surface area contributed by atoms with Crippen LogP contribution in [0.2, 0.25) is 0 Å². The Morgan fingerprint density at radius 1 is 1.17 bits per heavy atom. The predicted molar refractivity (Wildman–Crippen MR) is 116 cm³/mol. The third-order valence-corrected chi connectivity index (χ3v) is 5.05. The van der Waals surface area contributed by atoms with Crippen molar-refractivity contribution in [2.24, 2.45) is 0 Å². The lowest BCUT2D eigenvalue weighted by molar-refractivity contribution is 0.282. The molecule has 0 radical (unpaired) electrons. The summed E-state index contributed by atoms with van der Waals surface area (Å²) in [6.45, 7) is 6.05. The zero-order chi connectivity index (χ0) is 20.6. The first-order valence-electron chi connectivity index (χ1n) is 9.65. The molecule has 0 fully saturated rings. The van der Waals surface area contributed by atoms with Crippen LogP contribution < -0.4 is 14.8 Å². The highest BCUT2D eigenvalue weighted by molar-refractivity contribution is 9.10. The molecule has 1 heterocycles. The molecule has 2 aromatic carbocycles. The third kappa shape index (κ3) is 5.69. The van der Waals surface area contributed by atoms with Crippen LogP contribution in [-0.2, 0) is 19.7 Å². The first kappa shape index (κ1) is 21.1. The first-order chi connectivity index (χ1) is 14.1. The molecule has 0 atom stereocenters. The van der Waals surface area contributed by atoms with Gasteiger partial charge in [-0.1, -0.05) is 48.3 Å². The number of anilines is 1. The summed E-state index contributed by atoms with van der Waals surface area (Å²) in [5.74, 6) is 2.02. The summed E-state index contributed by atoms with van der Waals surface area (Å²) in [7, 11) is 1.64. The molecule has 154 valence electrons. The Labute approximate surface area is 179 Å². The van der Waals surface area contributed by atoms with Crippen molar-refractivity contribution in [3.63, 3.8) is 0 Å². The topological polar surface area (TPSA) is 74.1 Å². The van der Waals surface area contributed by atoms with Gasteiger partial charge in [-0.05, 0) is 63.0 Å². The second kappa shape index (κ2) is 10.2. The van der Waals surface area contributed by atoms with E-state index in [0.29, 0.717) is 30.6 Å². The quantitative estimate of drug-likeness (QED) is 0.471. The Hall–Kier alpha value is -2.61. The van der Waals surface area contributed by atoms with E-state index in [9.17, 15) is 0 Å². The van der Waals surface area contributed by atoms with Gasteiger partial charge in [-0.25, -0.2) is 4.68 Å². The second-order valence-corrected chi connectivity index (χ2v) is 7.67. The van der Waals surface area contributed by atoms with Crippen LogP contribution in [0.25, 0.3) is 0 Å². The number of halogens is 1. The van der Waals surface area contributed by atoms with Gasteiger partial charge in [0, 0.05) is 13.1 Å². The van der Waals surface area contributed by atoms with E-state index < -0.39 is 0 Å². The number of aromatic nitrogens is 4. The SMILES string of the molecule is CCCCn1nnnc1NCc1cc(Br)c(OCc2cccc(C)c2)c(OC)c1. The fourth-order valence-electron chi connectivity index (χ4n) is 2.94. The van der Waals surface area contributed by atoms with E-state index >= 15 is 0 Å². The van der Waals surface area contributed by atoms with E-state index in [1.165, 1.54) is 5.56 Å². The summed E-state index contributed by atoms with van der Waals surface area (Å²) in [5, 5.41) is 15.1. The van der Waals surface area contributed by atoms with Gasteiger partial charge < -0.3 is 14.8 Å². The van der Waals surface area contributed by atoms with Crippen molar-refractivity contribution in [3.8, 4) is 11.5 Å². The summed E-state index contributed by atoms with van der Waals surface area (Å²) in [5.41, 5.74) is 3.35. The monoisotopic (exact) mass is 459 g/mol. The van der Waals surface area contributed by atoms with E-state index in [4.69, 9.17) is 9.47 Å². The average Bonchev–Trinajstić information content (AvgIpc) is 3.16. The molecule has 7 nitrogen and oxygen atoms in total. The van der Waals surface area contributed by atoms with Crippen molar-refractivity contribution in [2.75, 3.05) is 12.4 Å². The largest absolute Gasteiger partial charge is 0.493 e. The van der Waals surface area contributed by atoms with Gasteiger partial charge in [0.2, 0.25) is 5.95 Å². The minimum Gasteiger partial charge on any atom is -0.493 e. The molecule has 0 aliphatic carbocycles. The Morgan fingerprint density at radius 2 is 2.03 bits per heavy atom. The van der Waals surface area contributed by atoms with Crippen molar-refractivity contribution >= 4 is 21.9 Å². The van der Waals surface area contributed by atoms with Crippen molar-refractivity contribution in [1.82, 2.24) is 20.2 Å². The predicted octanol–water partition coefficient (Wildman–Crippen LogP) is 4.74. The van der Waals surface area contributed by atoms with Crippen LogP contribution in [0.4, 0.5) is 5.95 Å². The molecule has 29 heavy (non-hydrogen) atoms. The van der Waals surface area contributed by atoms with Gasteiger partial charge in [-0.3, -0.25) is 0 Å². The number of hydrogen-bond donors (Lipinski definition) is 1. The maximum absolute atomic E-state index is 6.04. The van der Waals surface area contributed by atoms with Gasteiger partial charge in [0.05, 0.1) is 11.6 Å². The third-order valence-electron chi connectivity index (χ3n) is 4.46. The minimum atomic E-state index is 0.473. The van der Waals surface area contributed by atoms with Gasteiger partial charge in [-0.2, -0.15) is 0 Å². The molecule has 0 aliphatic heterocycles. The smallest absolute Gasteiger partial charge is 0.243 e. The van der Waals surface area contributed by atoms with Crippen molar-refractivity contribution < 1.29 is 9.47 Å². The Morgan fingerprint density at radius 3 is 2.79 bits per heavy atom. The average molecular weight is 460 g/mol. The second-order valence-electron chi connectivity index (χ2n) is 6.82. The summed E-state index contributed by atoms with van der Waals surface area (Å²) < 4.78 is 14.2. The lowest BCUT2D eigenvalue weighted by Gasteiger charge is -2.15. The van der Waals surface area contributed by atoms with Crippen molar-refractivity contribution in [2.45, 2.75) is 46.4 Å². The highest BCUT2D eigenvalue weighted by Gasteiger charge is 2.13. The zero-order valence-corrected chi connectivity index (χ0v) is 18.6. The number of methoxy groups -OCH3 is 1. The molecule has 3 rings (SSSR count). The number of nitrogens with zero attached hydrogens (tertiary/aromatic N) is 4. The molecule has 0 amide bonds. The van der Waals surface area contributed by atoms with Crippen LogP contribution in [0.1, 0.15) is 36.5 Å². The molecular formula is C21H26BrN5O2. The number of nitrogens with one attached hydrogen (secondary N) is 1. The number of tetrazole rings is 1. The van der Waals surface area contributed by atoms with Crippen LogP contribution >= 0.6 is 15.9 Å². The van der Waals surface area contributed by atoms with Gasteiger partial charge in [0.1, 0.15) is 6.61 Å². The Balaban J connectivity index is 1.68. The number of benzene rings is 2. The van der Waals surface area contributed by atoms with Gasteiger partial charge in [0.25, 0.3) is 0 Å². The van der Waals surface area contributed by atoms with Gasteiger partial charge in [0.15, 0.2) is 11.5 Å². The van der Waals surface area contributed by atoms with Gasteiger partial charge in [-0.15, -0.1) is 0 Å².